The molecule has 0 saturated carbocycles. The normalized spacial score (nSPS) is 21.2. The summed E-state index contributed by atoms with van der Waals surface area (Å²) in [5.74, 6) is -0.0904. The molecule has 7 heteroatoms. The van der Waals surface area contributed by atoms with Gasteiger partial charge in [-0.1, -0.05) is 18.2 Å². The Balaban J connectivity index is 1.51. The molecule has 0 aliphatic carbocycles. The van der Waals surface area contributed by atoms with E-state index in [1.165, 1.54) is 6.07 Å². The van der Waals surface area contributed by atoms with E-state index in [4.69, 9.17) is 0 Å². The molecular formula is C19H26F3N3O. The number of alkyl halides is 3. The van der Waals surface area contributed by atoms with Crippen molar-refractivity contribution in [3.63, 3.8) is 0 Å². The van der Waals surface area contributed by atoms with E-state index in [0.29, 0.717) is 24.7 Å². The van der Waals surface area contributed by atoms with Gasteiger partial charge in [-0.05, 0) is 44.6 Å². The molecular weight excluding hydrogens is 343 g/mol. The van der Waals surface area contributed by atoms with Crippen LogP contribution in [0.15, 0.2) is 24.3 Å². The Morgan fingerprint density at radius 1 is 1.08 bits per heavy atom. The summed E-state index contributed by atoms with van der Waals surface area (Å²) < 4.78 is 38.4. The maximum Gasteiger partial charge on any atom is 0.416 e. The molecule has 0 N–H and O–H groups in total. The Hall–Kier alpha value is -1.60. The van der Waals surface area contributed by atoms with Crippen molar-refractivity contribution in [3.05, 3.63) is 35.4 Å². The first-order valence-electron chi connectivity index (χ1n) is 9.19. The maximum atomic E-state index is 12.8. The van der Waals surface area contributed by atoms with E-state index in [9.17, 15) is 18.0 Å². The molecule has 2 saturated heterocycles. The van der Waals surface area contributed by atoms with Crippen LogP contribution in [0.5, 0.6) is 0 Å². The van der Waals surface area contributed by atoms with Gasteiger partial charge in [0.2, 0.25) is 5.91 Å². The lowest BCUT2D eigenvalue weighted by molar-refractivity contribution is -0.138. The van der Waals surface area contributed by atoms with Crippen LogP contribution in [0.4, 0.5) is 13.2 Å². The van der Waals surface area contributed by atoms with Crippen molar-refractivity contribution in [1.29, 1.82) is 0 Å². The first-order chi connectivity index (χ1) is 12.3. The molecule has 2 heterocycles. The van der Waals surface area contributed by atoms with Crippen molar-refractivity contribution >= 4 is 5.91 Å². The van der Waals surface area contributed by atoms with Gasteiger partial charge in [0.05, 0.1) is 12.0 Å². The molecule has 0 spiro atoms. The third-order valence-corrected chi connectivity index (χ3v) is 5.48. The van der Waals surface area contributed by atoms with E-state index in [0.717, 1.165) is 51.2 Å². The van der Waals surface area contributed by atoms with Gasteiger partial charge in [0.1, 0.15) is 0 Å². The zero-order valence-corrected chi connectivity index (χ0v) is 15.1. The second kappa shape index (κ2) is 7.96. The standard InChI is InChI=1S/C19H26F3N3O/c1-23-7-5-17(6-8-23)24-9-11-25(12-10-24)18(26)14-15-3-2-4-16(13-15)19(20,21)22/h2-4,13,17H,5-12,14H2,1H3. The highest BCUT2D eigenvalue weighted by Gasteiger charge is 2.31. The smallest absolute Gasteiger partial charge is 0.340 e. The number of carbonyl (C=O) groups excluding carboxylic acids is 1. The largest absolute Gasteiger partial charge is 0.416 e. The quantitative estimate of drug-likeness (QED) is 0.819. The van der Waals surface area contributed by atoms with Gasteiger partial charge in [-0.3, -0.25) is 9.69 Å². The van der Waals surface area contributed by atoms with Crippen molar-refractivity contribution in [2.75, 3.05) is 46.3 Å². The van der Waals surface area contributed by atoms with E-state index in [2.05, 4.69) is 16.8 Å². The van der Waals surface area contributed by atoms with Crippen LogP contribution >= 0.6 is 0 Å². The minimum absolute atomic E-state index is 0.0259. The molecule has 26 heavy (non-hydrogen) atoms. The lowest BCUT2D eigenvalue weighted by Crippen LogP contribution is -2.54. The fourth-order valence-electron chi connectivity index (χ4n) is 3.84. The predicted molar refractivity (Wildman–Crippen MR) is 93.8 cm³/mol. The van der Waals surface area contributed by atoms with Gasteiger partial charge in [0.25, 0.3) is 0 Å². The lowest BCUT2D eigenvalue weighted by atomic mass is 10.0. The van der Waals surface area contributed by atoms with Crippen LogP contribution in [-0.2, 0) is 17.4 Å². The fraction of sp³-hybridized carbons (Fsp3) is 0.632. The molecule has 0 unspecified atom stereocenters. The number of halogens is 3. The van der Waals surface area contributed by atoms with Gasteiger partial charge in [-0.15, -0.1) is 0 Å². The minimum Gasteiger partial charge on any atom is -0.340 e. The number of piperidine rings is 1. The third-order valence-electron chi connectivity index (χ3n) is 5.48. The lowest BCUT2D eigenvalue weighted by Gasteiger charge is -2.42. The van der Waals surface area contributed by atoms with Gasteiger partial charge in [0, 0.05) is 32.2 Å². The number of rotatable bonds is 3. The Morgan fingerprint density at radius 2 is 1.73 bits per heavy atom. The van der Waals surface area contributed by atoms with Gasteiger partial charge >= 0.3 is 6.18 Å². The molecule has 4 nitrogen and oxygen atoms in total. The fourth-order valence-corrected chi connectivity index (χ4v) is 3.84. The number of nitrogens with zero attached hydrogens (tertiary/aromatic N) is 3. The van der Waals surface area contributed by atoms with Crippen LogP contribution < -0.4 is 0 Å². The summed E-state index contributed by atoms with van der Waals surface area (Å²) in [6.45, 7) is 5.23. The number of likely N-dealkylation sites (tertiary alicyclic amines) is 1. The van der Waals surface area contributed by atoms with Gasteiger partial charge in [-0.2, -0.15) is 13.2 Å². The monoisotopic (exact) mass is 369 g/mol. The third kappa shape index (κ3) is 4.76. The number of piperazine rings is 1. The summed E-state index contributed by atoms with van der Waals surface area (Å²) in [4.78, 5) is 19.1. The van der Waals surface area contributed by atoms with E-state index in [1.807, 2.05) is 0 Å². The highest BCUT2D eigenvalue weighted by molar-refractivity contribution is 5.79. The molecule has 1 aromatic rings. The summed E-state index contributed by atoms with van der Waals surface area (Å²) in [5, 5.41) is 0. The molecule has 2 aliphatic heterocycles. The zero-order valence-electron chi connectivity index (χ0n) is 15.1. The average Bonchev–Trinajstić information content (AvgIpc) is 2.62. The Morgan fingerprint density at radius 3 is 2.35 bits per heavy atom. The summed E-state index contributed by atoms with van der Waals surface area (Å²) in [6, 6.07) is 5.65. The number of benzene rings is 1. The van der Waals surface area contributed by atoms with E-state index >= 15 is 0 Å². The first-order valence-corrected chi connectivity index (χ1v) is 9.19. The number of hydrogen-bond donors (Lipinski definition) is 0. The van der Waals surface area contributed by atoms with Crippen LogP contribution in [0.2, 0.25) is 0 Å². The highest BCUT2D eigenvalue weighted by Crippen LogP contribution is 2.29. The Kier molecular flexibility index (Phi) is 5.87. The van der Waals surface area contributed by atoms with E-state index < -0.39 is 11.7 Å². The molecule has 1 aromatic carbocycles. The van der Waals surface area contributed by atoms with Crippen LogP contribution in [0, 0.1) is 0 Å². The maximum absolute atomic E-state index is 12.8. The molecule has 0 bridgehead atoms. The molecule has 3 rings (SSSR count). The molecule has 0 radical (unpaired) electrons. The molecule has 2 fully saturated rings. The molecule has 0 aromatic heterocycles. The second-order valence-electron chi connectivity index (χ2n) is 7.33. The Labute approximate surface area is 152 Å². The molecule has 1 amide bonds. The highest BCUT2D eigenvalue weighted by atomic mass is 19.4. The summed E-state index contributed by atoms with van der Waals surface area (Å²) >= 11 is 0. The van der Waals surface area contributed by atoms with Gasteiger partial charge in [-0.25, -0.2) is 0 Å². The van der Waals surface area contributed by atoms with Crippen molar-refractivity contribution in [2.45, 2.75) is 31.5 Å². The van der Waals surface area contributed by atoms with Gasteiger partial charge < -0.3 is 9.80 Å². The average molecular weight is 369 g/mol. The SMILES string of the molecule is CN1CCC(N2CCN(C(=O)Cc3cccc(C(F)(F)F)c3)CC2)CC1. The van der Waals surface area contributed by atoms with Crippen LogP contribution in [0.25, 0.3) is 0 Å². The second-order valence-corrected chi connectivity index (χ2v) is 7.33. The number of carbonyl (C=O) groups is 1. The van der Waals surface area contributed by atoms with E-state index in [1.54, 1.807) is 11.0 Å². The van der Waals surface area contributed by atoms with Crippen LogP contribution in [0.1, 0.15) is 24.0 Å². The topological polar surface area (TPSA) is 26.8 Å². The molecule has 2 aliphatic rings. The first kappa shape index (κ1) is 19.2. The van der Waals surface area contributed by atoms with Crippen LogP contribution in [0.3, 0.4) is 0 Å². The molecule has 144 valence electrons. The zero-order chi connectivity index (χ0) is 18.7. The van der Waals surface area contributed by atoms with Crippen molar-refractivity contribution in [2.24, 2.45) is 0 Å². The van der Waals surface area contributed by atoms with Gasteiger partial charge in [0.15, 0.2) is 0 Å². The van der Waals surface area contributed by atoms with Crippen molar-refractivity contribution < 1.29 is 18.0 Å². The van der Waals surface area contributed by atoms with Crippen LogP contribution in [-0.4, -0.2) is 73.0 Å². The summed E-state index contributed by atoms with van der Waals surface area (Å²) in [7, 11) is 2.14. The van der Waals surface area contributed by atoms with Crippen molar-refractivity contribution in [1.82, 2.24) is 14.7 Å². The predicted octanol–water partition coefficient (Wildman–Crippen LogP) is 2.49. The Bertz CT molecular complexity index is 619. The van der Waals surface area contributed by atoms with E-state index in [-0.39, 0.29) is 12.3 Å². The summed E-state index contributed by atoms with van der Waals surface area (Å²) in [5.41, 5.74) is -0.280. The molecule has 0 atom stereocenters. The summed E-state index contributed by atoms with van der Waals surface area (Å²) in [6.07, 6.45) is -2.03. The minimum atomic E-state index is -4.38. The van der Waals surface area contributed by atoms with Crippen molar-refractivity contribution in [3.8, 4) is 0 Å². The number of amides is 1. The number of hydrogen-bond acceptors (Lipinski definition) is 3.